The van der Waals surface area contributed by atoms with Crippen LogP contribution in [0.1, 0.15) is 0 Å². The standard InChI is InChI=1S/C13H10N4/c14-12-11(9-4-2-1-3-5-9)6-10-7-15-8-16-13(10)17-12/h1-8H,(H2,14,15,16,17). The van der Waals surface area contributed by atoms with Crippen molar-refractivity contribution in [3.63, 3.8) is 0 Å². The zero-order valence-electron chi connectivity index (χ0n) is 9.04. The highest BCUT2D eigenvalue weighted by Gasteiger charge is 2.06. The summed E-state index contributed by atoms with van der Waals surface area (Å²) in [6, 6.07) is 11.9. The number of aromatic nitrogens is 3. The summed E-state index contributed by atoms with van der Waals surface area (Å²) in [6.07, 6.45) is 3.21. The maximum Gasteiger partial charge on any atom is 0.164 e. The molecule has 3 rings (SSSR count). The highest BCUT2D eigenvalue weighted by Crippen LogP contribution is 2.26. The molecule has 2 heterocycles. The van der Waals surface area contributed by atoms with Crippen LogP contribution in [0.4, 0.5) is 5.82 Å². The molecule has 82 valence electrons. The van der Waals surface area contributed by atoms with Crippen molar-refractivity contribution in [2.45, 2.75) is 0 Å². The lowest BCUT2D eigenvalue weighted by Crippen LogP contribution is -1.96. The largest absolute Gasteiger partial charge is 0.383 e. The van der Waals surface area contributed by atoms with Crippen LogP contribution in [0, 0.1) is 0 Å². The van der Waals surface area contributed by atoms with E-state index in [1.807, 2.05) is 36.4 Å². The molecule has 2 N–H and O–H groups in total. The molecule has 0 saturated carbocycles. The Kier molecular flexibility index (Phi) is 2.19. The molecular weight excluding hydrogens is 212 g/mol. The lowest BCUT2D eigenvalue weighted by atomic mass is 10.1. The number of benzene rings is 1. The Bertz CT molecular complexity index is 665. The van der Waals surface area contributed by atoms with Crippen molar-refractivity contribution < 1.29 is 0 Å². The Morgan fingerprint density at radius 1 is 1.06 bits per heavy atom. The van der Waals surface area contributed by atoms with Crippen LogP contribution in [0.3, 0.4) is 0 Å². The van der Waals surface area contributed by atoms with E-state index in [-0.39, 0.29) is 0 Å². The Balaban J connectivity index is 2.27. The first-order chi connectivity index (χ1) is 8.34. The second-order valence-electron chi connectivity index (χ2n) is 3.72. The van der Waals surface area contributed by atoms with Gasteiger partial charge in [0.2, 0.25) is 0 Å². The number of hydrogen-bond acceptors (Lipinski definition) is 4. The van der Waals surface area contributed by atoms with Crippen LogP contribution in [0.5, 0.6) is 0 Å². The van der Waals surface area contributed by atoms with Gasteiger partial charge in [-0.3, -0.25) is 0 Å². The minimum Gasteiger partial charge on any atom is -0.383 e. The molecule has 4 nitrogen and oxygen atoms in total. The van der Waals surface area contributed by atoms with Gasteiger partial charge in [-0.15, -0.1) is 0 Å². The molecule has 0 saturated heterocycles. The number of pyridine rings is 1. The van der Waals surface area contributed by atoms with Crippen molar-refractivity contribution in [1.82, 2.24) is 15.0 Å². The van der Waals surface area contributed by atoms with Gasteiger partial charge < -0.3 is 5.73 Å². The number of nitrogens with zero attached hydrogens (tertiary/aromatic N) is 3. The van der Waals surface area contributed by atoms with Crippen LogP contribution in [0.15, 0.2) is 48.9 Å². The molecule has 0 fully saturated rings. The Morgan fingerprint density at radius 3 is 2.71 bits per heavy atom. The zero-order valence-corrected chi connectivity index (χ0v) is 9.04. The summed E-state index contributed by atoms with van der Waals surface area (Å²) in [5, 5.41) is 0.889. The van der Waals surface area contributed by atoms with E-state index in [2.05, 4.69) is 15.0 Å². The minimum atomic E-state index is 0.488. The van der Waals surface area contributed by atoms with Gasteiger partial charge in [-0.1, -0.05) is 30.3 Å². The lowest BCUT2D eigenvalue weighted by molar-refractivity contribution is 1.18. The molecule has 0 unspecified atom stereocenters. The van der Waals surface area contributed by atoms with Crippen LogP contribution in [-0.4, -0.2) is 15.0 Å². The first-order valence-electron chi connectivity index (χ1n) is 5.26. The monoisotopic (exact) mass is 222 g/mol. The van der Waals surface area contributed by atoms with Crippen molar-refractivity contribution in [1.29, 1.82) is 0 Å². The van der Waals surface area contributed by atoms with E-state index in [4.69, 9.17) is 5.73 Å². The third-order valence-corrected chi connectivity index (χ3v) is 2.61. The second kappa shape index (κ2) is 3.83. The normalized spacial score (nSPS) is 10.6. The summed E-state index contributed by atoms with van der Waals surface area (Å²) >= 11 is 0. The van der Waals surface area contributed by atoms with Gasteiger partial charge in [0.15, 0.2) is 5.65 Å². The average Bonchev–Trinajstić information content (AvgIpc) is 2.39. The van der Waals surface area contributed by atoms with Gasteiger partial charge in [0.1, 0.15) is 12.1 Å². The van der Waals surface area contributed by atoms with Crippen molar-refractivity contribution in [3.05, 3.63) is 48.9 Å². The van der Waals surface area contributed by atoms with Gasteiger partial charge in [0.05, 0.1) is 0 Å². The molecular formula is C13H10N4. The van der Waals surface area contributed by atoms with E-state index in [1.54, 1.807) is 6.20 Å². The molecule has 0 aliphatic rings. The fourth-order valence-corrected chi connectivity index (χ4v) is 1.78. The second-order valence-corrected chi connectivity index (χ2v) is 3.72. The van der Waals surface area contributed by atoms with E-state index >= 15 is 0 Å². The topological polar surface area (TPSA) is 64.7 Å². The maximum atomic E-state index is 5.95. The first-order valence-corrected chi connectivity index (χ1v) is 5.26. The molecule has 2 aromatic heterocycles. The van der Waals surface area contributed by atoms with Gasteiger partial charge in [-0.2, -0.15) is 0 Å². The summed E-state index contributed by atoms with van der Waals surface area (Å²) in [5.41, 5.74) is 8.52. The summed E-state index contributed by atoms with van der Waals surface area (Å²) in [4.78, 5) is 12.3. The Labute approximate surface area is 98.2 Å². The predicted molar refractivity (Wildman–Crippen MR) is 67.2 cm³/mol. The smallest absolute Gasteiger partial charge is 0.164 e. The van der Waals surface area contributed by atoms with Gasteiger partial charge in [-0.25, -0.2) is 15.0 Å². The maximum absolute atomic E-state index is 5.95. The zero-order chi connectivity index (χ0) is 11.7. The molecule has 4 heteroatoms. The number of rotatable bonds is 1. The summed E-state index contributed by atoms with van der Waals surface area (Å²) in [7, 11) is 0. The van der Waals surface area contributed by atoms with E-state index in [1.165, 1.54) is 6.33 Å². The summed E-state index contributed by atoms with van der Waals surface area (Å²) in [6.45, 7) is 0. The van der Waals surface area contributed by atoms with Gasteiger partial charge in [-0.05, 0) is 11.6 Å². The molecule has 17 heavy (non-hydrogen) atoms. The van der Waals surface area contributed by atoms with E-state index in [0.29, 0.717) is 11.5 Å². The Morgan fingerprint density at radius 2 is 1.88 bits per heavy atom. The van der Waals surface area contributed by atoms with E-state index in [0.717, 1.165) is 16.5 Å². The number of anilines is 1. The van der Waals surface area contributed by atoms with Crippen LogP contribution in [0.25, 0.3) is 22.2 Å². The summed E-state index contributed by atoms with van der Waals surface area (Å²) < 4.78 is 0. The van der Waals surface area contributed by atoms with Crippen LogP contribution < -0.4 is 5.73 Å². The van der Waals surface area contributed by atoms with Crippen molar-refractivity contribution in [2.75, 3.05) is 5.73 Å². The van der Waals surface area contributed by atoms with E-state index in [9.17, 15) is 0 Å². The van der Waals surface area contributed by atoms with Gasteiger partial charge >= 0.3 is 0 Å². The number of hydrogen-bond donors (Lipinski definition) is 1. The van der Waals surface area contributed by atoms with E-state index < -0.39 is 0 Å². The molecule has 3 aromatic rings. The molecule has 0 amide bonds. The predicted octanol–water partition coefficient (Wildman–Crippen LogP) is 2.27. The summed E-state index contributed by atoms with van der Waals surface area (Å²) in [5.74, 6) is 0.488. The molecule has 0 radical (unpaired) electrons. The van der Waals surface area contributed by atoms with Crippen molar-refractivity contribution in [2.24, 2.45) is 0 Å². The number of nitrogens with two attached hydrogens (primary N) is 1. The molecule has 1 aromatic carbocycles. The molecule has 0 bridgehead atoms. The van der Waals surface area contributed by atoms with Gasteiger partial charge in [0.25, 0.3) is 0 Å². The van der Waals surface area contributed by atoms with Crippen molar-refractivity contribution >= 4 is 16.9 Å². The molecule has 0 aliphatic heterocycles. The average molecular weight is 222 g/mol. The molecule has 0 aliphatic carbocycles. The third kappa shape index (κ3) is 1.69. The molecule has 0 spiro atoms. The Hall–Kier alpha value is -2.49. The quantitative estimate of drug-likeness (QED) is 0.686. The number of nitrogen functional groups attached to an aromatic ring is 1. The molecule has 0 atom stereocenters. The minimum absolute atomic E-state index is 0.488. The number of fused-ring (bicyclic) bond motifs is 1. The third-order valence-electron chi connectivity index (χ3n) is 2.61. The van der Waals surface area contributed by atoms with Gasteiger partial charge in [0, 0.05) is 17.1 Å². The van der Waals surface area contributed by atoms with Crippen LogP contribution in [0.2, 0.25) is 0 Å². The fourth-order valence-electron chi connectivity index (χ4n) is 1.78. The van der Waals surface area contributed by atoms with Crippen molar-refractivity contribution in [3.8, 4) is 11.1 Å². The lowest BCUT2D eigenvalue weighted by Gasteiger charge is -2.06. The highest BCUT2D eigenvalue weighted by atomic mass is 14.9. The SMILES string of the molecule is Nc1nc2ncncc2cc1-c1ccccc1. The fraction of sp³-hybridized carbons (Fsp3) is 0. The highest BCUT2D eigenvalue weighted by molar-refractivity contribution is 5.86. The van der Waals surface area contributed by atoms with Crippen LogP contribution in [-0.2, 0) is 0 Å². The van der Waals surface area contributed by atoms with Crippen LogP contribution >= 0.6 is 0 Å². The first kappa shape index (κ1) is 9.72.